The van der Waals surface area contributed by atoms with Crippen molar-refractivity contribution in [3.63, 3.8) is 0 Å². The van der Waals surface area contributed by atoms with Crippen molar-refractivity contribution in [1.82, 2.24) is 0 Å². The summed E-state index contributed by atoms with van der Waals surface area (Å²) in [5.74, 6) is 0.291. The maximum Gasteiger partial charge on any atom is 0.330 e. The van der Waals surface area contributed by atoms with Crippen LogP contribution in [0.25, 0.3) is 6.08 Å². The lowest BCUT2D eigenvalue weighted by atomic mass is 10.2. The van der Waals surface area contributed by atoms with Gasteiger partial charge in [-0.1, -0.05) is 12.1 Å². The maximum absolute atomic E-state index is 11.1. The highest BCUT2D eigenvalue weighted by atomic mass is 16.5. The van der Waals surface area contributed by atoms with Crippen molar-refractivity contribution in [3.8, 4) is 5.75 Å². The Bertz CT molecular complexity index is 385. The summed E-state index contributed by atoms with van der Waals surface area (Å²) in [6, 6.07) is 7.24. The van der Waals surface area contributed by atoms with Crippen LogP contribution in [0, 0.1) is 0 Å². The zero-order valence-electron chi connectivity index (χ0n) is 9.76. The zero-order chi connectivity index (χ0) is 12.5. The van der Waals surface area contributed by atoms with E-state index in [0.29, 0.717) is 12.4 Å². The first-order chi connectivity index (χ1) is 8.26. The number of aliphatic hydroxyl groups is 1. The molecule has 0 aliphatic carbocycles. The molecular formula is C13H16O4. The maximum atomic E-state index is 11.1. The van der Waals surface area contributed by atoms with Gasteiger partial charge in [0.15, 0.2) is 0 Å². The van der Waals surface area contributed by atoms with Crippen molar-refractivity contribution in [2.45, 2.75) is 6.92 Å². The molecule has 1 aromatic rings. The molecule has 92 valence electrons. The Kier molecular flexibility index (Phi) is 5.82. The van der Waals surface area contributed by atoms with E-state index in [1.165, 1.54) is 6.08 Å². The van der Waals surface area contributed by atoms with Crippen LogP contribution in [0.5, 0.6) is 5.75 Å². The fourth-order valence-electron chi connectivity index (χ4n) is 1.23. The standard InChI is InChI=1S/C13H16O4/c1-2-16-13(15)7-6-11-4-3-5-12(10-11)17-9-8-14/h3-7,10,14H,2,8-9H2,1H3/b7-6+. The molecule has 0 unspecified atom stereocenters. The Morgan fingerprint density at radius 2 is 2.29 bits per heavy atom. The summed E-state index contributed by atoms with van der Waals surface area (Å²) in [5.41, 5.74) is 0.841. The van der Waals surface area contributed by atoms with Gasteiger partial charge in [0.2, 0.25) is 0 Å². The van der Waals surface area contributed by atoms with Gasteiger partial charge in [-0.25, -0.2) is 4.79 Å². The van der Waals surface area contributed by atoms with Gasteiger partial charge >= 0.3 is 5.97 Å². The van der Waals surface area contributed by atoms with Crippen molar-refractivity contribution >= 4 is 12.0 Å². The highest BCUT2D eigenvalue weighted by Gasteiger charge is 1.96. The predicted octanol–water partition coefficient (Wildman–Crippen LogP) is 1.63. The summed E-state index contributed by atoms with van der Waals surface area (Å²) in [6.07, 6.45) is 3.03. The molecule has 4 heteroatoms. The van der Waals surface area contributed by atoms with Crippen LogP contribution in [0.4, 0.5) is 0 Å². The van der Waals surface area contributed by atoms with E-state index < -0.39 is 0 Å². The molecule has 17 heavy (non-hydrogen) atoms. The van der Waals surface area contributed by atoms with E-state index in [0.717, 1.165) is 5.56 Å². The number of rotatable bonds is 6. The van der Waals surface area contributed by atoms with E-state index in [9.17, 15) is 4.79 Å². The van der Waals surface area contributed by atoms with Crippen molar-refractivity contribution in [3.05, 3.63) is 35.9 Å². The Hall–Kier alpha value is -1.81. The van der Waals surface area contributed by atoms with Gasteiger partial charge in [0, 0.05) is 6.08 Å². The summed E-state index contributed by atoms with van der Waals surface area (Å²) in [7, 11) is 0. The molecule has 0 saturated carbocycles. The minimum absolute atomic E-state index is 0.0249. The fraction of sp³-hybridized carbons (Fsp3) is 0.308. The van der Waals surface area contributed by atoms with Crippen LogP contribution in [0.2, 0.25) is 0 Å². The van der Waals surface area contributed by atoms with E-state index in [-0.39, 0.29) is 19.2 Å². The molecule has 1 rings (SSSR count). The normalized spacial score (nSPS) is 10.5. The van der Waals surface area contributed by atoms with Crippen LogP contribution < -0.4 is 4.74 Å². The molecule has 0 saturated heterocycles. The van der Waals surface area contributed by atoms with Crippen LogP contribution in [0.15, 0.2) is 30.3 Å². The van der Waals surface area contributed by atoms with Crippen LogP contribution in [0.3, 0.4) is 0 Å². The fourth-order valence-corrected chi connectivity index (χ4v) is 1.23. The predicted molar refractivity (Wildman–Crippen MR) is 64.7 cm³/mol. The van der Waals surface area contributed by atoms with Gasteiger partial charge in [-0.05, 0) is 30.7 Å². The van der Waals surface area contributed by atoms with Gasteiger partial charge in [-0.3, -0.25) is 0 Å². The topological polar surface area (TPSA) is 55.8 Å². The van der Waals surface area contributed by atoms with E-state index in [1.54, 1.807) is 25.1 Å². The van der Waals surface area contributed by atoms with Crippen LogP contribution in [-0.4, -0.2) is 30.9 Å². The lowest BCUT2D eigenvalue weighted by Crippen LogP contribution is -2.01. The zero-order valence-corrected chi connectivity index (χ0v) is 9.76. The van der Waals surface area contributed by atoms with Crippen LogP contribution in [0.1, 0.15) is 12.5 Å². The smallest absolute Gasteiger partial charge is 0.330 e. The number of ether oxygens (including phenoxy) is 2. The van der Waals surface area contributed by atoms with E-state index in [2.05, 4.69) is 0 Å². The quantitative estimate of drug-likeness (QED) is 0.602. The minimum Gasteiger partial charge on any atom is -0.491 e. The summed E-state index contributed by atoms with van der Waals surface area (Å²) in [6.45, 7) is 2.35. The van der Waals surface area contributed by atoms with Crippen molar-refractivity contribution in [1.29, 1.82) is 0 Å². The third-order valence-electron chi connectivity index (χ3n) is 1.92. The molecule has 4 nitrogen and oxygen atoms in total. The van der Waals surface area contributed by atoms with Gasteiger partial charge in [0.25, 0.3) is 0 Å². The molecule has 0 fully saturated rings. The second-order valence-corrected chi connectivity index (χ2v) is 3.23. The summed E-state index contributed by atoms with van der Waals surface area (Å²) < 4.78 is 10.0. The largest absolute Gasteiger partial charge is 0.491 e. The van der Waals surface area contributed by atoms with E-state index in [4.69, 9.17) is 14.6 Å². The van der Waals surface area contributed by atoms with E-state index >= 15 is 0 Å². The molecule has 0 radical (unpaired) electrons. The van der Waals surface area contributed by atoms with Crippen LogP contribution >= 0.6 is 0 Å². The molecule has 0 aliphatic heterocycles. The number of hydrogen-bond donors (Lipinski definition) is 1. The second kappa shape index (κ2) is 7.46. The summed E-state index contributed by atoms with van der Waals surface area (Å²) in [5, 5.41) is 8.63. The lowest BCUT2D eigenvalue weighted by Gasteiger charge is -2.04. The van der Waals surface area contributed by atoms with Crippen molar-refractivity contribution in [2.24, 2.45) is 0 Å². The minimum atomic E-state index is -0.367. The number of hydrogen-bond acceptors (Lipinski definition) is 4. The Morgan fingerprint density at radius 1 is 1.47 bits per heavy atom. The number of benzene rings is 1. The highest BCUT2D eigenvalue weighted by molar-refractivity contribution is 5.87. The van der Waals surface area contributed by atoms with Gasteiger partial charge < -0.3 is 14.6 Å². The first-order valence-electron chi connectivity index (χ1n) is 5.45. The number of carbonyl (C=O) groups is 1. The summed E-state index contributed by atoms with van der Waals surface area (Å²) in [4.78, 5) is 11.1. The third-order valence-corrected chi connectivity index (χ3v) is 1.92. The molecule has 0 aromatic heterocycles. The average Bonchev–Trinajstić information content (AvgIpc) is 2.35. The molecule has 1 aromatic carbocycles. The Morgan fingerprint density at radius 3 is 3.00 bits per heavy atom. The monoisotopic (exact) mass is 236 g/mol. The second-order valence-electron chi connectivity index (χ2n) is 3.23. The van der Waals surface area contributed by atoms with Gasteiger partial charge in [0.1, 0.15) is 12.4 Å². The third kappa shape index (κ3) is 5.17. The van der Waals surface area contributed by atoms with Gasteiger partial charge in [-0.15, -0.1) is 0 Å². The van der Waals surface area contributed by atoms with Crippen molar-refractivity contribution < 1.29 is 19.4 Å². The number of esters is 1. The van der Waals surface area contributed by atoms with Gasteiger partial charge in [0.05, 0.1) is 13.2 Å². The molecule has 0 aliphatic rings. The molecule has 0 amide bonds. The number of carbonyl (C=O) groups excluding carboxylic acids is 1. The molecular weight excluding hydrogens is 220 g/mol. The molecule has 0 atom stereocenters. The Labute approximate surface area is 100 Å². The Balaban J connectivity index is 2.61. The lowest BCUT2D eigenvalue weighted by molar-refractivity contribution is -0.137. The highest BCUT2D eigenvalue weighted by Crippen LogP contribution is 2.14. The molecule has 0 heterocycles. The molecule has 0 bridgehead atoms. The first-order valence-corrected chi connectivity index (χ1v) is 5.45. The van der Waals surface area contributed by atoms with Crippen LogP contribution in [-0.2, 0) is 9.53 Å². The van der Waals surface area contributed by atoms with Gasteiger partial charge in [-0.2, -0.15) is 0 Å². The average molecular weight is 236 g/mol. The molecule has 1 N–H and O–H groups in total. The van der Waals surface area contributed by atoms with E-state index in [1.807, 2.05) is 12.1 Å². The molecule has 0 spiro atoms. The SMILES string of the molecule is CCOC(=O)/C=C/c1cccc(OCCO)c1. The first kappa shape index (κ1) is 13.3. The van der Waals surface area contributed by atoms with Crippen molar-refractivity contribution in [2.75, 3.05) is 19.8 Å². The number of aliphatic hydroxyl groups excluding tert-OH is 1. The summed E-state index contributed by atoms with van der Waals surface area (Å²) >= 11 is 0.